The monoisotopic (exact) mass is 207 g/mol. The zero-order valence-corrected chi connectivity index (χ0v) is 8.32. The number of esters is 1. The van der Waals surface area contributed by atoms with Gasteiger partial charge in [-0.15, -0.1) is 12.4 Å². The van der Waals surface area contributed by atoms with Crippen molar-refractivity contribution < 1.29 is 14.6 Å². The summed E-state index contributed by atoms with van der Waals surface area (Å²) in [6, 6.07) is 0. The molecule has 1 heterocycles. The maximum absolute atomic E-state index is 11.1. The normalized spacial score (nSPS) is 16.4. The minimum Gasteiger partial charge on any atom is -0.510 e. The van der Waals surface area contributed by atoms with Gasteiger partial charge in [-0.1, -0.05) is 0 Å². The molecule has 0 saturated heterocycles. The fourth-order valence-electron chi connectivity index (χ4n) is 1.11. The molecule has 1 aliphatic rings. The lowest BCUT2D eigenvalue weighted by Gasteiger charge is -2.15. The van der Waals surface area contributed by atoms with E-state index >= 15 is 0 Å². The summed E-state index contributed by atoms with van der Waals surface area (Å²) in [6.45, 7) is 3.19. The van der Waals surface area contributed by atoms with Gasteiger partial charge in [0.1, 0.15) is 5.76 Å². The quantitative estimate of drug-likeness (QED) is 0.657. The van der Waals surface area contributed by atoms with Gasteiger partial charge in [-0.05, 0) is 19.9 Å². The van der Waals surface area contributed by atoms with E-state index in [-0.39, 0.29) is 18.2 Å². The summed E-state index contributed by atoms with van der Waals surface area (Å²) in [7, 11) is 0. The van der Waals surface area contributed by atoms with Crippen LogP contribution < -0.4 is 5.32 Å². The minimum atomic E-state index is -0.392. The molecule has 0 fully saturated rings. The van der Waals surface area contributed by atoms with Gasteiger partial charge < -0.3 is 15.2 Å². The predicted molar refractivity (Wildman–Crippen MR) is 51.0 cm³/mol. The summed E-state index contributed by atoms with van der Waals surface area (Å²) >= 11 is 0. The summed E-state index contributed by atoms with van der Waals surface area (Å²) < 4.78 is 4.77. The molecule has 0 bridgehead atoms. The SMILES string of the molecule is CCOC(=O)C1=C(O)CNCC1.Cl. The zero-order valence-electron chi connectivity index (χ0n) is 7.50. The van der Waals surface area contributed by atoms with Crippen LogP contribution in [-0.4, -0.2) is 30.8 Å². The molecule has 0 atom stereocenters. The van der Waals surface area contributed by atoms with Crippen molar-refractivity contribution in [3.8, 4) is 0 Å². The Morgan fingerprint density at radius 3 is 2.92 bits per heavy atom. The molecule has 2 N–H and O–H groups in total. The van der Waals surface area contributed by atoms with Gasteiger partial charge in [0.25, 0.3) is 0 Å². The molecule has 0 amide bonds. The number of aliphatic hydroxyl groups excluding tert-OH is 1. The zero-order chi connectivity index (χ0) is 8.97. The lowest BCUT2D eigenvalue weighted by atomic mass is 10.1. The van der Waals surface area contributed by atoms with Crippen LogP contribution in [0.4, 0.5) is 0 Å². The maximum Gasteiger partial charge on any atom is 0.337 e. The predicted octanol–water partition coefficient (Wildman–Crippen LogP) is 0.777. The third kappa shape index (κ3) is 3.24. The Labute approximate surface area is 83.4 Å². The van der Waals surface area contributed by atoms with E-state index in [0.29, 0.717) is 25.1 Å². The third-order valence-corrected chi connectivity index (χ3v) is 1.71. The van der Waals surface area contributed by atoms with Crippen molar-refractivity contribution in [1.29, 1.82) is 0 Å². The first-order chi connectivity index (χ1) is 5.75. The average molecular weight is 208 g/mol. The minimum absolute atomic E-state index is 0. The van der Waals surface area contributed by atoms with E-state index < -0.39 is 5.97 Å². The van der Waals surface area contributed by atoms with Crippen LogP contribution in [0.3, 0.4) is 0 Å². The van der Waals surface area contributed by atoms with Gasteiger partial charge in [0, 0.05) is 0 Å². The number of ether oxygens (including phenoxy) is 1. The van der Waals surface area contributed by atoms with E-state index in [1.807, 2.05) is 0 Å². The van der Waals surface area contributed by atoms with Crippen LogP contribution in [-0.2, 0) is 9.53 Å². The van der Waals surface area contributed by atoms with Crippen molar-refractivity contribution in [3.63, 3.8) is 0 Å². The van der Waals surface area contributed by atoms with E-state index in [1.54, 1.807) is 6.92 Å². The van der Waals surface area contributed by atoms with Gasteiger partial charge in [0.2, 0.25) is 0 Å². The molecule has 1 rings (SSSR count). The van der Waals surface area contributed by atoms with Crippen LogP contribution in [0, 0.1) is 0 Å². The van der Waals surface area contributed by atoms with Gasteiger partial charge in [-0.2, -0.15) is 0 Å². The van der Waals surface area contributed by atoms with Gasteiger partial charge in [-0.3, -0.25) is 0 Å². The van der Waals surface area contributed by atoms with Crippen LogP contribution in [0.25, 0.3) is 0 Å². The van der Waals surface area contributed by atoms with Crippen molar-refractivity contribution in [1.82, 2.24) is 5.32 Å². The van der Waals surface area contributed by atoms with Gasteiger partial charge in [0.15, 0.2) is 0 Å². The topological polar surface area (TPSA) is 58.6 Å². The van der Waals surface area contributed by atoms with Crippen LogP contribution in [0.5, 0.6) is 0 Å². The summed E-state index contributed by atoms with van der Waals surface area (Å²) in [6.07, 6.45) is 0.546. The van der Waals surface area contributed by atoms with Crippen molar-refractivity contribution in [2.24, 2.45) is 0 Å². The Balaban J connectivity index is 0.00000144. The van der Waals surface area contributed by atoms with E-state index in [9.17, 15) is 9.90 Å². The molecular weight excluding hydrogens is 194 g/mol. The number of aliphatic hydroxyl groups is 1. The summed E-state index contributed by atoms with van der Waals surface area (Å²) in [4.78, 5) is 11.1. The van der Waals surface area contributed by atoms with Gasteiger partial charge >= 0.3 is 5.97 Å². The Bertz CT molecular complexity index is 215. The standard InChI is InChI=1S/C8H13NO3.ClH/c1-2-12-8(11)6-3-4-9-5-7(6)10;/h9-10H,2-5H2,1H3;1H. The number of hydrogen-bond donors (Lipinski definition) is 2. The molecular formula is C8H14ClNO3. The Hall–Kier alpha value is -0.740. The van der Waals surface area contributed by atoms with Gasteiger partial charge in [0.05, 0.1) is 18.7 Å². The molecule has 0 unspecified atom stereocenters. The van der Waals surface area contributed by atoms with E-state index in [4.69, 9.17) is 4.74 Å². The molecule has 0 radical (unpaired) electrons. The number of hydrogen-bond acceptors (Lipinski definition) is 4. The number of halogens is 1. The van der Waals surface area contributed by atoms with Crippen LogP contribution in [0.15, 0.2) is 11.3 Å². The van der Waals surface area contributed by atoms with Crippen molar-refractivity contribution >= 4 is 18.4 Å². The number of carbonyl (C=O) groups is 1. The summed E-state index contributed by atoms with van der Waals surface area (Å²) in [5, 5.41) is 12.2. The third-order valence-electron chi connectivity index (χ3n) is 1.71. The maximum atomic E-state index is 11.1. The average Bonchev–Trinajstić information content (AvgIpc) is 2.05. The molecule has 0 saturated carbocycles. The molecule has 1 aliphatic heterocycles. The highest BCUT2D eigenvalue weighted by molar-refractivity contribution is 5.89. The lowest BCUT2D eigenvalue weighted by Crippen LogP contribution is -2.28. The van der Waals surface area contributed by atoms with Crippen molar-refractivity contribution in [3.05, 3.63) is 11.3 Å². The fraction of sp³-hybridized carbons (Fsp3) is 0.625. The number of nitrogens with one attached hydrogen (secondary N) is 1. The van der Waals surface area contributed by atoms with E-state index in [2.05, 4.69) is 5.32 Å². The van der Waals surface area contributed by atoms with Crippen LogP contribution >= 0.6 is 12.4 Å². The molecule has 0 spiro atoms. The number of carbonyl (C=O) groups excluding carboxylic acids is 1. The second-order valence-corrected chi connectivity index (χ2v) is 2.57. The molecule has 0 aromatic heterocycles. The first kappa shape index (κ1) is 12.3. The largest absolute Gasteiger partial charge is 0.510 e. The summed E-state index contributed by atoms with van der Waals surface area (Å²) in [5.41, 5.74) is 0.413. The van der Waals surface area contributed by atoms with Crippen molar-refractivity contribution in [2.45, 2.75) is 13.3 Å². The van der Waals surface area contributed by atoms with E-state index in [1.165, 1.54) is 0 Å². The highest BCUT2D eigenvalue weighted by atomic mass is 35.5. The van der Waals surface area contributed by atoms with Crippen molar-refractivity contribution in [2.75, 3.05) is 19.7 Å². The molecule has 13 heavy (non-hydrogen) atoms. The fourth-order valence-corrected chi connectivity index (χ4v) is 1.11. The smallest absolute Gasteiger partial charge is 0.337 e. The van der Waals surface area contributed by atoms with Gasteiger partial charge in [-0.25, -0.2) is 4.79 Å². The Morgan fingerprint density at radius 2 is 2.38 bits per heavy atom. The highest BCUT2D eigenvalue weighted by Crippen LogP contribution is 2.11. The molecule has 0 aromatic carbocycles. The lowest BCUT2D eigenvalue weighted by molar-refractivity contribution is -0.139. The first-order valence-electron chi connectivity index (χ1n) is 4.04. The molecule has 0 aliphatic carbocycles. The van der Waals surface area contributed by atoms with Crippen LogP contribution in [0.2, 0.25) is 0 Å². The first-order valence-corrected chi connectivity index (χ1v) is 4.04. The van der Waals surface area contributed by atoms with E-state index in [0.717, 1.165) is 6.54 Å². The molecule has 5 heteroatoms. The molecule has 76 valence electrons. The second-order valence-electron chi connectivity index (χ2n) is 2.57. The highest BCUT2D eigenvalue weighted by Gasteiger charge is 2.18. The Kier molecular flexibility index (Phi) is 5.50. The number of rotatable bonds is 2. The Morgan fingerprint density at radius 1 is 1.69 bits per heavy atom. The summed E-state index contributed by atoms with van der Waals surface area (Å²) in [5.74, 6) is -0.281. The molecule has 4 nitrogen and oxygen atoms in total. The second kappa shape index (κ2) is 5.83. The van der Waals surface area contributed by atoms with Crippen LogP contribution in [0.1, 0.15) is 13.3 Å². The molecule has 0 aromatic rings.